The first-order chi connectivity index (χ1) is 6.90. The van der Waals surface area contributed by atoms with E-state index in [0.717, 1.165) is 16.6 Å². The molecule has 0 bridgehead atoms. The lowest BCUT2D eigenvalue weighted by Gasteiger charge is -2.01. The Labute approximate surface area is 96.1 Å². The number of rotatable bonds is 3. The maximum atomic E-state index is 4.32. The van der Waals surface area contributed by atoms with Crippen LogP contribution in [0, 0.1) is 0 Å². The Morgan fingerprint density at radius 2 is 2.21 bits per heavy atom. The first kappa shape index (κ1) is 9.99. The summed E-state index contributed by atoms with van der Waals surface area (Å²) in [5, 5.41) is 2.23. The lowest BCUT2D eigenvalue weighted by Crippen LogP contribution is -1.81. The molecule has 0 spiro atoms. The number of thioether (sulfide) groups is 1. The van der Waals surface area contributed by atoms with E-state index in [4.69, 9.17) is 0 Å². The molecule has 0 saturated heterocycles. The van der Waals surface area contributed by atoms with Crippen LogP contribution in [-0.2, 0) is 0 Å². The largest absolute Gasteiger partial charge is 0.256 e. The van der Waals surface area contributed by atoms with E-state index in [1.165, 1.54) is 10.3 Å². The molecule has 0 amide bonds. The normalized spacial score (nSPS) is 10.6. The van der Waals surface area contributed by atoms with Crippen molar-refractivity contribution in [1.29, 1.82) is 0 Å². The van der Waals surface area contributed by atoms with Crippen LogP contribution in [0.3, 0.4) is 0 Å². The van der Waals surface area contributed by atoms with Gasteiger partial charge in [0.05, 0.1) is 5.52 Å². The smallest absolute Gasteiger partial charge is 0.0713 e. The molecule has 0 N–H and O–H groups in total. The number of aromatic nitrogens is 1. The molecule has 0 saturated carbocycles. The summed E-state index contributed by atoms with van der Waals surface area (Å²) >= 11 is 5.27. The van der Waals surface area contributed by atoms with E-state index < -0.39 is 0 Å². The van der Waals surface area contributed by atoms with Crippen molar-refractivity contribution in [3.63, 3.8) is 0 Å². The molecule has 1 heterocycles. The minimum absolute atomic E-state index is 1.03. The second kappa shape index (κ2) is 4.80. The predicted molar refractivity (Wildman–Crippen MR) is 66.3 cm³/mol. The highest BCUT2D eigenvalue weighted by Crippen LogP contribution is 2.22. The van der Waals surface area contributed by atoms with Crippen molar-refractivity contribution in [3.05, 3.63) is 36.5 Å². The third-order valence-electron chi connectivity index (χ3n) is 1.92. The number of nitrogens with zero attached hydrogens (tertiary/aromatic N) is 1. The molecule has 72 valence electrons. The van der Waals surface area contributed by atoms with E-state index in [2.05, 4.69) is 45.2 Å². The van der Waals surface area contributed by atoms with Crippen molar-refractivity contribution in [2.45, 2.75) is 4.90 Å². The molecule has 14 heavy (non-hydrogen) atoms. The second-order valence-corrected chi connectivity index (χ2v) is 4.86. The van der Waals surface area contributed by atoms with Gasteiger partial charge in [0.1, 0.15) is 0 Å². The lowest BCUT2D eigenvalue weighted by atomic mass is 10.2. The molecular weight excluding hydrogens is 258 g/mol. The van der Waals surface area contributed by atoms with E-state index in [0.29, 0.717) is 0 Å². The maximum absolute atomic E-state index is 4.32. The van der Waals surface area contributed by atoms with Crippen LogP contribution in [-0.4, -0.2) is 16.1 Å². The van der Waals surface area contributed by atoms with Gasteiger partial charge < -0.3 is 0 Å². The van der Waals surface area contributed by atoms with Crippen LogP contribution in [0.1, 0.15) is 0 Å². The summed E-state index contributed by atoms with van der Waals surface area (Å²) in [5.41, 5.74) is 1.08. The Hall–Kier alpha value is -0.540. The van der Waals surface area contributed by atoms with Gasteiger partial charge in [-0.1, -0.05) is 28.1 Å². The molecule has 0 fully saturated rings. The first-order valence-corrected chi connectivity index (χ1v) is 6.54. The highest BCUT2D eigenvalue weighted by molar-refractivity contribution is 9.09. The average molecular weight is 268 g/mol. The zero-order valence-electron chi connectivity index (χ0n) is 7.61. The predicted octanol–water partition coefficient (Wildman–Crippen LogP) is 3.72. The van der Waals surface area contributed by atoms with Crippen LogP contribution in [0.25, 0.3) is 10.9 Å². The standard InChI is InChI=1S/C11H10BrNS/c12-5-7-14-10-4-3-9-2-1-6-13-11(9)8-10/h1-4,6,8H,5,7H2. The van der Waals surface area contributed by atoms with Crippen LogP contribution < -0.4 is 0 Å². The van der Waals surface area contributed by atoms with Gasteiger partial charge in [-0.15, -0.1) is 11.8 Å². The van der Waals surface area contributed by atoms with Gasteiger partial charge in [-0.25, -0.2) is 0 Å². The van der Waals surface area contributed by atoms with Gasteiger partial charge in [-0.3, -0.25) is 4.98 Å². The maximum Gasteiger partial charge on any atom is 0.0713 e. The van der Waals surface area contributed by atoms with Crippen molar-refractivity contribution in [2.24, 2.45) is 0 Å². The number of fused-ring (bicyclic) bond motifs is 1. The summed E-state index contributed by atoms with van der Waals surface area (Å²) in [6.07, 6.45) is 1.83. The van der Waals surface area contributed by atoms with Gasteiger partial charge in [0, 0.05) is 27.6 Å². The highest BCUT2D eigenvalue weighted by atomic mass is 79.9. The van der Waals surface area contributed by atoms with Gasteiger partial charge in [0.15, 0.2) is 0 Å². The van der Waals surface area contributed by atoms with Crippen molar-refractivity contribution in [1.82, 2.24) is 4.98 Å². The Kier molecular flexibility index (Phi) is 3.43. The molecule has 1 nitrogen and oxygen atoms in total. The fourth-order valence-corrected chi connectivity index (χ4v) is 2.45. The fourth-order valence-electron chi connectivity index (χ4n) is 1.29. The molecule has 0 aliphatic rings. The molecule has 2 aromatic rings. The van der Waals surface area contributed by atoms with Crippen molar-refractivity contribution < 1.29 is 0 Å². The van der Waals surface area contributed by atoms with Crippen LogP contribution in [0.2, 0.25) is 0 Å². The highest BCUT2D eigenvalue weighted by Gasteiger charge is 1.96. The number of halogens is 1. The van der Waals surface area contributed by atoms with Crippen LogP contribution in [0.4, 0.5) is 0 Å². The summed E-state index contributed by atoms with van der Waals surface area (Å²) in [7, 11) is 0. The van der Waals surface area contributed by atoms with Crippen molar-refractivity contribution in [2.75, 3.05) is 11.1 Å². The molecule has 0 radical (unpaired) electrons. The van der Waals surface area contributed by atoms with E-state index in [-0.39, 0.29) is 0 Å². The third-order valence-corrected chi connectivity index (χ3v) is 3.84. The van der Waals surface area contributed by atoms with E-state index in [1.54, 1.807) is 0 Å². The number of alkyl halides is 1. The summed E-state index contributed by atoms with van der Waals surface area (Å²) in [6.45, 7) is 0. The second-order valence-electron chi connectivity index (χ2n) is 2.90. The Balaban J connectivity index is 2.32. The van der Waals surface area contributed by atoms with Gasteiger partial charge in [-0.2, -0.15) is 0 Å². The SMILES string of the molecule is BrCCSc1ccc2cccnc2c1. The summed E-state index contributed by atoms with van der Waals surface area (Å²) in [4.78, 5) is 5.61. The summed E-state index contributed by atoms with van der Waals surface area (Å²) in [6, 6.07) is 10.5. The molecule has 2 rings (SSSR count). The average Bonchev–Trinajstić information content (AvgIpc) is 2.26. The summed E-state index contributed by atoms with van der Waals surface area (Å²) < 4.78 is 0. The number of hydrogen-bond donors (Lipinski definition) is 0. The van der Waals surface area contributed by atoms with Gasteiger partial charge in [-0.05, 0) is 18.2 Å². The number of pyridine rings is 1. The lowest BCUT2D eigenvalue weighted by molar-refractivity contribution is 1.37. The Bertz CT molecular complexity index is 430. The van der Waals surface area contributed by atoms with Crippen molar-refractivity contribution >= 4 is 38.6 Å². The zero-order chi connectivity index (χ0) is 9.80. The van der Waals surface area contributed by atoms with E-state index in [1.807, 2.05) is 24.0 Å². The zero-order valence-corrected chi connectivity index (χ0v) is 10.0. The van der Waals surface area contributed by atoms with Gasteiger partial charge in [0.2, 0.25) is 0 Å². The third kappa shape index (κ3) is 2.28. The molecule has 3 heteroatoms. The van der Waals surface area contributed by atoms with Crippen molar-refractivity contribution in [3.8, 4) is 0 Å². The fraction of sp³-hybridized carbons (Fsp3) is 0.182. The Morgan fingerprint density at radius 1 is 1.29 bits per heavy atom. The monoisotopic (exact) mass is 267 g/mol. The van der Waals surface area contributed by atoms with Crippen LogP contribution in [0.15, 0.2) is 41.4 Å². The topological polar surface area (TPSA) is 12.9 Å². The minimum Gasteiger partial charge on any atom is -0.256 e. The van der Waals surface area contributed by atoms with Gasteiger partial charge >= 0.3 is 0 Å². The molecule has 0 unspecified atom stereocenters. The number of hydrogen-bond acceptors (Lipinski definition) is 2. The molecule has 0 atom stereocenters. The Morgan fingerprint density at radius 3 is 3.07 bits per heavy atom. The molecule has 1 aromatic heterocycles. The minimum atomic E-state index is 1.03. The molecule has 1 aromatic carbocycles. The molecule has 0 aliphatic heterocycles. The van der Waals surface area contributed by atoms with E-state index >= 15 is 0 Å². The number of benzene rings is 1. The van der Waals surface area contributed by atoms with E-state index in [9.17, 15) is 0 Å². The quantitative estimate of drug-likeness (QED) is 0.621. The van der Waals surface area contributed by atoms with Crippen LogP contribution in [0.5, 0.6) is 0 Å². The molecule has 0 aliphatic carbocycles. The van der Waals surface area contributed by atoms with Gasteiger partial charge in [0.25, 0.3) is 0 Å². The molecular formula is C11H10BrNS. The first-order valence-electron chi connectivity index (χ1n) is 4.44. The summed E-state index contributed by atoms with van der Waals surface area (Å²) in [5.74, 6) is 1.10. The van der Waals surface area contributed by atoms with Crippen LogP contribution >= 0.6 is 27.7 Å².